The predicted octanol–water partition coefficient (Wildman–Crippen LogP) is 2.66. The number of rotatable bonds is 9. The van der Waals surface area contributed by atoms with E-state index in [-0.39, 0.29) is 12.1 Å². The van der Waals surface area contributed by atoms with Crippen LogP contribution >= 0.6 is 0 Å². The zero-order chi connectivity index (χ0) is 11.5. The molecule has 3 nitrogen and oxygen atoms in total. The lowest BCUT2D eigenvalue weighted by molar-refractivity contribution is -0.144. The Morgan fingerprint density at radius 3 is 2.47 bits per heavy atom. The molecule has 0 spiro atoms. The van der Waals surface area contributed by atoms with Crippen LogP contribution in [0.5, 0.6) is 0 Å². The number of hydrogen-bond donors (Lipinski definition) is 1. The molecule has 0 amide bonds. The number of unbranched alkanes of at least 4 members (excludes halogenated alkanes) is 2. The third kappa shape index (κ3) is 9.73. The van der Waals surface area contributed by atoms with Crippen molar-refractivity contribution in [3.63, 3.8) is 0 Å². The van der Waals surface area contributed by atoms with Gasteiger partial charge in [-0.15, -0.1) is 0 Å². The van der Waals surface area contributed by atoms with Crippen LogP contribution in [0.2, 0.25) is 0 Å². The van der Waals surface area contributed by atoms with Crippen LogP contribution in [0.4, 0.5) is 0 Å². The van der Waals surface area contributed by atoms with Gasteiger partial charge in [-0.1, -0.05) is 33.1 Å². The average molecular weight is 216 g/mol. The fraction of sp³-hybridized carbons (Fsp3) is 0.917. The van der Waals surface area contributed by atoms with E-state index >= 15 is 0 Å². The van der Waals surface area contributed by atoms with E-state index in [1.54, 1.807) is 0 Å². The maximum Gasteiger partial charge on any atom is 0.305 e. The molecule has 15 heavy (non-hydrogen) atoms. The molecule has 1 N–H and O–H groups in total. The molecule has 1 unspecified atom stereocenters. The number of carbonyl (C=O) groups excluding carboxylic acids is 1. The maximum atomic E-state index is 11.2. The van der Waals surface area contributed by atoms with Crippen molar-refractivity contribution in [3.8, 4) is 0 Å². The van der Waals surface area contributed by atoms with Crippen LogP contribution in [0.15, 0.2) is 0 Å². The highest BCUT2D eigenvalue weighted by atomic mass is 16.5. The van der Waals surface area contributed by atoms with Gasteiger partial charge in [0.05, 0.1) is 12.7 Å². The van der Waals surface area contributed by atoms with Crippen LogP contribution in [0.3, 0.4) is 0 Å². The first-order valence-electron chi connectivity index (χ1n) is 6.04. The second-order valence-corrected chi connectivity index (χ2v) is 3.91. The van der Waals surface area contributed by atoms with Gasteiger partial charge in [0.25, 0.3) is 0 Å². The van der Waals surface area contributed by atoms with Crippen molar-refractivity contribution >= 4 is 5.97 Å². The van der Waals surface area contributed by atoms with Crippen LogP contribution in [-0.2, 0) is 9.53 Å². The fourth-order valence-corrected chi connectivity index (χ4v) is 1.27. The summed E-state index contributed by atoms with van der Waals surface area (Å²) in [5.74, 6) is -0.181. The van der Waals surface area contributed by atoms with E-state index in [9.17, 15) is 9.90 Å². The number of carbonyl (C=O) groups is 1. The van der Waals surface area contributed by atoms with Gasteiger partial charge in [0.2, 0.25) is 0 Å². The summed E-state index contributed by atoms with van der Waals surface area (Å²) in [7, 11) is 0. The zero-order valence-corrected chi connectivity index (χ0v) is 10.00. The molecule has 0 aromatic heterocycles. The van der Waals surface area contributed by atoms with Crippen molar-refractivity contribution < 1.29 is 14.6 Å². The Morgan fingerprint density at radius 2 is 1.87 bits per heavy atom. The van der Waals surface area contributed by atoms with Crippen molar-refractivity contribution in [2.45, 2.75) is 64.9 Å². The monoisotopic (exact) mass is 216 g/mol. The summed E-state index contributed by atoms with van der Waals surface area (Å²) in [4.78, 5) is 11.2. The molecule has 0 aromatic rings. The van der Waals surface area contributed by atoms with Gasteiger partial charge < -0.3 is 9.84 Å². The van der Waals surface area contributed by atoms with Crippen molar-refractivity contribution in [2.75, 3.05) is 6.61 Å². The predicted molar refractivity (Wildman–Crippen MR) is 60.6 cm³/mol. The van der Waals surface area contributed by atoms with Crippen LogP contribution in [-0.4, -0.2) is 23.8 Å². The standard InChI is InChI=1S/C12H24O3/c1-3-5-7-11(13)8-9-12(14)15-10-6-4-2/h11,13H,3-10H2,1-2H3. The molecule has 0 saturated carbocycles. The molecule has 0 saturated heterocycles. The number of aliphatic hydroxyl groups excluding tert-OH is 1. The minimum Gasteiger partial charge on any atom is -0.466 e. The Morgan fingerprint density at radius 1 is 1.20 bits per heavy atom. The normalized spacial score (nSPS) is 12.5. The third-order valence-electron chi connectivity index (χ3n) is 2.33. The molecule has 0 bridgehead atoms. The second kappa shape index (κ2) is 9.97. The summed E-state index contributed by atoms with van der Waals surface area (Å²) in [5, 5.41) is 9.49. The van der Waals surface area contributed by atoms with E-state index in [0.29, 0.717) is 19.4 Å². The summed E-state index contributed by atoms with van der Waals surface area (Å²) >= 11 is 0. The fourth-order valence-electron chi connectivity index (χ4n) is 1.27. The summed E-state index contributed by atoms with van der Waals surface area (Å²) in [5.41, 5.74) is 0. The lowest BCUT2D eigenvalue weighted by Gasteiger charge is -2.09. The Labute approximate surface area is 92.8 Å². The van der Waals surface area contributed by atoms with Crippen molar-refractivity contribution in [2.24, 2.45) is 0 Å². The highest BCUT2D eigenvalue weighted by molar-refractivity contribution is 5.69. The van der Waals surface area contributed by atoms with Crippen LogP contribution in [0, 0.1) is 0 Å². The average Bonchev–Trinajstić information content (AvgIpc) is 2.24. The molecule has 0 aliphatic carbocycles. The number of ether oxygens (including phenoxy) is 1. The molecule has 0 aromatic carbocycles. The molecule has 0 fully saturated rings. The number of hydrogen-bond acceptors (Lipinski definition) is 3. The minimum absolute atomic E-state index is 0.181. The first kappa shape index (κ1) is 14.4. The summed E-state index contributed by atoms with van der Waals surface area (Å²) in [6.45, 7) is 4.66. The van der Waals surface area contributed by atoms with Gasteiger partial charge in [0, 0.05) is 6.42 Å². The molecular weight excluding hydrogens is 192 g/mol. The van der Waals surface area contributed by atoms with Crippen molar-refractivity contribution in [3.05, 3.63) is 0 Å². The van der Waals surface area contributed by atoms with Gasteiger partial charge in [0.15, 0.2) is 0 Å². The summed E-state index contributed by atoms with van der Waals surface area (Å²) in [6, 6.07) is 0. The van der Waals surface area contributed by atoms with Gasteiger partial charge in [-0.25, -0.2) is 0 Å². The number of esters is 1. The molecule has 0 heterocycles. The lowest BCUT2D eigenvalue weighted by atomic mass is 10.1. The van der Waals surface area contributed by atoms with Gasteiger partial charge >= 0.3 is 5.97 Å². The van der Waals surface area contributed by atoms with Gasteiger partial charge in [-0.3, -0.25) is 4.79 Å². The maximum absolute atomic E-state index is 11.2. The van der Waals surface area contributed by atoms with Gasteiger partial charge in [-0.2, -0.15) is 0 Å². The Bertz CT molecular complexity index is 157. The van der Waals surface area contributed by atoms with E-state index in [0.717, 1.165) is 32.1 Å². The van der Waals surface area contributed by atoms with E-state index in [1.165, 1.54) is 0 Å². The molecule has 0 radical (unpaired) electrons. The molecular formula is C12H24O3. The highest BCUT2D eigenvalue weighted by Crippen LogP contribution is 2.07. The topological polar surface area (TPSA) is 46.5 Å². The first-order chi connectivity index (χ1) is 7.20. The molecule has 3 heteroatoms. The van der Waals surface area contributed by atoms with Crippen LogP contribution in [0.25, 0.3) is 0 Å². The third-order valence-corrected chi connectivity index (χ3v) is 2.33. The van der Waals surface area contributed by atoms with E-state index < -0.39 is 0 Å². The summed E-state index contributed by atoms with van der Waals surface area (Å²) in [6.07, 6.45) is 5.38. The van der Waals surface area contributed by atoms with Crippen LogP contribution in [0.1, 0.15) is 58.8 Å². The van der Waals surface area contributed by atoms with Crippen molar-refractivity contribution in [1.82, 2.24) is 0 Å². The Hall–Kier alpha value is -0.570. The van der Waals surface area contributed by atoms with Crippen LogP contribution < -0.4 is 0 Å². The first-order valence-corrected chi connectivity index (χ1v) is 6.04. The SMILES string of the molecule is CCCCOC(=O)CCC(O)CCCC. The smallest absolute Gasteiger partial charge is 0.305 e. The minimum atomic E-state index is -0.344. The van der Waals surface area contributed by atoms with E-state index in [1.807, 2.05) is 0 Å². The molecule has 0 aliphatic heterocycles. The molecule has 0 rings (SSSR count). The highest BCUT2D eigenvalue weighted by Gasteiger charge is 2.08. The zero-order valence-electron chi connectivity index (χ0n) is 10.00. The number of aliphatic hydroxyl groups is 1. The molecule has 90 valence electrons. The second-order valence-electron chi connectivity index (χ2n) is 3.91. The Balaban J connectivity index is 3.36. The van der Waals surface area contributed by atoms with Crippen molar-refractivity contribution in [1.29, 1.82) is 0 Å². The lowest BCUT2D eigenvalue weighted by Crippen LogP contribution is -2.12. The molecule has 1 atom stereocenters. The van der Waals surface area contributed by atoms with E-state index in [2.05, 4.69) is 13.8 Å². The summed E-state index contributed by atoms with van der Waals surface area (Å²) < 4.78 is 4.99. The Kier molecular flexibility index (Phi) is 9.59. The van der Waals surface area contributed by atoms with E-state index in [4.69, 9.17) is 4.74 Å². The van der Waals surface area contributed by atoms with Gasteiger partial charge in [-0.05, 0) is 19.3 Å². The quantitative estimate of drug-likeness (QED) is 0.476. The largest absolute Gasteiger partial charge is 0.466 e. The van der Waals surface area contributed by atoms with Gasteiger partial charge in [0.1, 0.15) is 0 Å². The molecule has 0 aliphatic rings.